The van der Waals surface area contributed by atoms with Crippen LogP contribution in [0.2, 0.25) is 0 Å². The first kappa shape index (κ1) is 21.0. The van der Waals surface area contributed by atoms with Crippen molar-refractivity contribution in [3.8, 4) is 17.0 Å². The maximum absolute atomic E-state index is 14.3. The smallest absolute Gasteiger partial charge is 0.230 e. The fourth-order valence-electron chi connectivity index (χ4n) is 3.92. The number of hydrogen-bond acceptors (Lipinski definition) is 8. The molecule has 1 N–H and O–H groups in total. The summed E-state index contributed by atoms with van der Waals surface area (Å²) in [4.78, 5) is 11.1. The minimum absolute atomic E-state index is 0.318. The summed E-state index contributed by atoms with van der Waals surface area (Å²) in [6.07, 6.45) is 1.68. The lowest BCUT2D eigenvalue weighted by Crippen LogP contribution is -2.57. The molecule has 0 amide bonds. The first-order chi connectivity index (χ1) is 14.6. The van der Waals surface area contributed by atoms with Crippen LogP contribution in [-0.4, -0.2) is 46.5 Å². The van der Waals surface area contributed by atoms with E-state index in [1.165, 1.54) is 13.2 Å². The number of halogens is 1. The Morgan fingerprint density at radius 3 is 2.52 bits per heavy atom. The van der Waals surface area contributed by atoms with Crippen LogP contribution < -0.4 is 15.0 Å². The molecule has 0 bridgehead atoms. The molecule has 2 aromatic heterocycles. The quantitative estimate of drug-likeness (QED) is 0.641. The Hall–Kier alpha value is -3.20. The summed E-state index contributed by atoms with van der Waals surface area (Å²) in [6.45, 7) is 9.55. The molecule has 0 aliphatic carbocycles. The summed E-state index contributed by atoms with van der Waals surface area (Å²) < 4.78 is 30.8. The summed E-state index contributed by atoms with van der Waals surface area (Å²) in [7, 11) is 1.49. The molecule has 1 aromatic carbocycles. The van der Waals surface area contributed by atoms with E-state index >= 15 is 0 Å². The van der Waals surface area contributed by atoms with Crippen molar-refractivity contribution in [2.75, 3.05) is 30.4 Å². The largest absolute Gasteiger partial charge is 0.497 e. The van der Waals surface area contributed by atoms with Crippen molar-refractivity contribution in [3.63, 3.8) is 0 Å². The van der Waals surface area contributed by atoms with Gasteiger partial charge in [0, 0.05) is 37.0 Å². The maximum Gasteiger partial charge on any atom is 0.230 e. The van der Waals surface area contributed by atoms with Gasteiger partial charge < -0.3 is 24.2 Å². The van der Waals surface area contributed by atoms with Gasteiger partial charge in [0.15, 0.2) is 0 Å². The fourth-order valence-corrected chi connectivity index (χ4v) is 3.92. The van der Waals surface area contributed by atoms with E-state index in [1.807, 2.05) is 0 Å². The molecular weight excluding hydrogens is 401 g/mol. The van der Waals surface area contributed by atoms with Gasteiger partial charge in [-0.3, -0.25) is 0 Å². The number of morpholine rings is 1. The van der Waals surface area contributed by atoms with E-state index in [0.29, 0.717) is 47.7 Å². The SMILES string of the molecule is COc1ccc(-c2cc(Nc3ccnc(N4CC(C)(C)OC(C)(C)C4)n3)on2)c(F)c1. The van der Waals surface area contributed by atoms with Crippen LogP contribution in [0.1, 0.15) is 27.7 Å². The van der Waals surface area contributed by atoms with E-state index < -0.39 is 5.82 Å². The highest BCUT2D eigenvalue weighted by Gasteiger charge is 2.39. The Morgan fingerprint density at radius 2 is 1.84 bits per heavy atom. The molecule has 1 aliphatic heterocycles. The number of benzene rings is 1. The second-order valence-electron chi connectivity index (χ2n) is 8.77. The van der Waals surface area contributed by atoms with Gasteiger partial charge in [-0.1, -0.05) is 5.16 Å². The normalized spacial score (nSPS) is 17.4. The van der Waals surface area contributed by atoms with Gasteiger partial charge in [-0.05, 0) is 45.9 Å². The zero-order valence-electron chi connectivity index (χ0n) is 18.3. The second-order valence-corrected chi connectivity index (χ2v) is 8.77. The summed E-state index contributed by atoms with van der Waals surface area (Å²) in [5.74, 6) is 1.48. The molecule has 0 radical (unpaired) electrons. The molecular formula is C22H26FN5O3. The van der Waals surface area contributed by atoms with Gasteiger partial charge in [0.05, 0.1) is 18.3 Å². The average Bonchev–Trinajstić information content (AvgIpc) is 3.13. The molecule has 164 valence electrons. The standard InChI is InChI=1S/C22H26FN5O3/c1-21(2)12-28(13-22(3,4)31-21)20-24-9-8-18(26-20)25-19-11-17(27-30-19)15-7-6-14(29-5)10-16(15)23/h6-11H,12-13H2,1-5H3,(H,24,25,26). The van der Waals surface area contributed by atoms with Crippen molar-refractivity contribution >= 4 is 17.7 Å². The first-order valence-electron chi connectivity index (χ1n) is 10.00. The van der Waals surface area contributed by atoms with Crippen LogP contribution in [0, 0.1) is 5.82 Å². The predicted molar refractivity (Wildman–Crippen MR) is 115 cm³/mol. The lowest BCUT2D eigenvalue weighted by atomic mass is 9.99. The van der Waals surface area contributed by atoms with Crippen molar-refractivity contribution < 1.29 is 18.4 Å². The minimum atomic E-state index is -0.443. The lowest BCUT2D eigenvalue weighted by Gasteiger charge is -2.47. The number of hydrogen-bond donors (Lipinski definition) is 1. The van der Waals surface area contributed by atoms with E-state index in [4.69, 9.17) is 14.0 Å². The minimum Gasteiger partial charge on any atom is -0.497 e. The summed E-state index contributed by atoms with van der Waals surface area (Å²) in [6, 6.07) is 7.92. The van der Waals surface area contributed by atoms with E-state index in [0.717, 1.165) is 0 Å². The Bertz CT molecular complexity index is 1070. The predicted octanol–water partition coefficient (Wildman–Crippen LogP) is 4.42. The number of aromatic nitrogens is 3. The fraction of sp³-hybridized carbons (Fsp3) is 0.409. The van der Waals surface area contributed by atoms with Gasteiger partial charge in [-0.15, -0.1) is 0 Å². The third-order valence-corrected chi connectivity index (χ3v) is 4.84. The summed E-state index contributed by atoms with van der Waals surface area (Å²) >= 11 is 0. The molecule has 3 aromatic rings. The van der Waals surface area contributed by atoms with Crippen LogP contribution in [0.4, 0.5) is 22.0 Å². The molecule has 1 saturated heterocycles. The zero-order chi connectivity index (χ0) is 22.2. The molecule has 3 heterocycles. The molecule has 8 nitrogen and oxygen atoms in total. The molecule has 0 unspecified atom stereocenters. The third kappa shape index (κ3) is 4.77. The molecule has 1 aliphatic rings. The Kier molecular flexibility index (Phi) is 5.30. The lowest BCUT2D eigenvalue weighted by molar-refractivity contribution is -0.133. The number of nitrogens with zero attached hydrogens (tertiary/aromatic N) is 4. The van der Waals surface area contributed by atoms with E-state index in [-0.39, 0.29) is 11.2 Å². The molecule has 31 heavy (non-hydrogen) atoms. The van der Waals surface area contributed by atoms with Gasteiger partial charge in [0.25, 0.3) is 0 Å². The van der Waals surface area contributed by atoms with Crippen LogP contribution >= 0.6 is 0 Å². The van der Waals surface area contributed by atoms with Crippen LogP contribution in [0.5, 0.6) is 5.75 Å². The molecule has 0 spiro atoms. The number of nitrogens with one attached hydrogen (secondary N) is 1. The summed E-state index contributed by atoms with van der Waals surface area (Å²) in [5, 5.41) is 7.03. The highest BCUT2D eigenvalue weighted by atomic mass is 19.1. The Labute approximate surface area is 180 Å². The van der Waals surface area contributed by atoms with E-state index in [9.17, 15) is 4.39 Å². The highest BCUT2D eigenvalue weighted by Crippen LogP contribution is 2.31. The van der Waals surface area contributed by atoms with Crippen LogP contribution in [0.15, 0.2) is 41.1 Å². The molecule has 4 rings (SSSR count). The molecule has 9 heteroatoms. The number of anilines is 3. The second kappa shape index (κ2) is 7.81. The van der Waals surface area contributed by atoms with Gasteiger partial charge in [-0.2, -0.15) is 4.98 Å². The van der Waals surface area contributed by atoms with Crippen molar-refractivity contribution in [1.82, 2.24) is 15.1 Å². The molecule has 1 fully saturated rings. The summed E-state index contributed by atoms with van der Waals surface area (Å²) in [5.41, 5.74) is 0.0422. The van der Waals surface area contributed by atoms with Crippen LogP contribution in [0.3, 0.4) is 0 Å². The van der Waals surface area contributed by atoms with Crippen molar-refractivity contribution in [2.24, 2.45) is 0 Å². The first-order valence-corrected chi connectivity index (χ1v) is 10.00. The molecule has 0 atom stereocenters. The topological polar surface area (TPSA) is 85.5 Å². The zero-order valence-corrected chi connectivity index (χ0v) is 18.3. The van der Waals surface area contributed by atoms with E-state index in [2.05, 4.69) is 53.0 Å². The van der Waals surface area contributed by atoms with Gasteiger partial charge in [-0.25, -0.2) is 9.37 Å². The van der Waals surface area contributed by atoms with Gasteiger partial charge in [0.1, 0.15) is 23.1 Å². The Morgan fingerprint density at radius 1 is 1.10 bits per heavy atom. The van der Waals surface area contributed by atoms with Crippen molar-refractivity contribution in [2.45, 2.75) is 38.9 Å². The van der Waals surface area contributed by atoms with Crippen LogP contribution in [0.25, 0.3) is 11.3 Å². The van der Waals surface area contributed by atoms with Crippen molar-refractivity contribution in [3.05, 3.63) is 42.3 Å². The van der Waals surface area contributed by atoms with Crippen LogP contribution in [-0.2, 0) is 4.74 Å². The number of rotatable bonds is 5. The van der Waals surface area contributed by atoms with Gasteiger partial charge in [0.2, 0.25) is 11.8 Å². The van der Waals surface area contributed by atoms with E-state index in [1.54, 1.807) is 30.5 Å². The monoisotopic (exact) mass is 427 g/mol. The van der Waals surface area contributed by atoms with Gasteiger partial charge >= 0.3 is 0 Å². The average molecular weight is 427 g/mol. The third-order valence-electron chi connectivity index (χ3n) is 4.84. The maximum atomic E-state index is 14.3. The molecule has 0 saturated carbocycles. The Balaban J connectivity index is 1.53. The van der Waals surface area contributed by atoms with Crippen molar-refractivity contribution in [1.29, 1.82) is 0 Å². The number of ether oxygens (including phenoxy) is 2. The number of methoxy groups -OCH3 is 1. The highest BCUT2D eigenvalue weighted by molar-refractivity contribution is 5.65.